The largest absolute Gasteiger partial charge is 0.428 e. The fourth-order valence-electron chi connectivity index (χ4n) is 10.4. The number of aromatic nitrogens is 1. The van der Waals surface area contributed by atoms with E-state index in [0.29, 0.717) is 118 Å². The van der Waals surface area contributed by atoms with E-state index in [1.165, 1.54) is 18.3 Å². The third-order valence-electron chi connectivity index (χ3n) is 14.9. The lowest BCUT2D eigenvalue weighted by atomic mass is 9.80. The van der Waals surface area contributed by atoms with Gasteiger partial charge in [0.2, 0.25) is 13.1 Å². The van der Waals surface area contributed by atoms with Crippen LogP contribution < -0.4 is 9.47 Å². The fourth-order valence-corrected chi connectivity index (χ4v) is 12.1. The molecule has 0 N–H and O–H groups in total. The molecule has 2 aromatic heterocycles. The third kappa shape index (κ3) is 13.0. The van der Waals surface area contributed by atoms with Crippen molar-refractivity contribution in [3.05, 3.63) is 53.9 Å². The van der Waals surface area contributed by atoms with E-state index in [1.807, 2.05) is 41.8 Å². The van der Waals surface area contributed by atoms with Gasteiger partial charge in [-0.25, -0.2) is 4.98 Å². The van der Waals surface area contributed by atoms with Gasteiger partial charge < -0.3 is 28.4 Å². The van der Waals surface area contributed by atoms with E-state index in [-0.39, 0.29) is 46.7 Å². The van der Waals surface area contributed by atoms with Crippen molar-refractivity contribution < 1.29 is 66.8 Å². The predicted octanol–water partition coefficient (Wildman–Crippen LogP) is 10.4. The van der Waals surface area contributed by atoms with Gasteiger partial charge in [-0.15, -0.1) is 22.7 Å². The molecular formula is C54H61NO14S2. The Bertz CT molecular complexity index is 2570. The van der Waals surface area contributed by atoms with Crippen LogP contribution in [0.4, 0.5) is 0 Å². The number of thiazole rings is 1. The van der Waals surface area contributed by atoms with Crippen molar-refractivity contribution in [1.29, 1.82) is 0 Å². The average Bonchev–Trinajstić information content (AvgIpc) is 4.10. The first-order valence-electron chi connectivity index (χ1n) is 25.0. The molecule has 4 aromatic rings. The highest BCUT2D eigenvalue weighted by atomic mass is 32.1. The number of fused-ring (bicyclic) bond motifs is 1. The van der Waals surface area contributed by atoms with Crippen molar-refractivity contribution >= 4 is 80.3 Å². The minimum atomic E-state index is -1.07. The number of thiophene rings is 1. The highest BCUT2D eigenvalue weighted by Gasteiger charge is 2.37. The number of Topliss-reactive ketones (excluding diaryl/α,β-unsaturated/α-hetero) is 2. The van der Waals surface area contributed by atoms with Crippen molar-refractivity contribution in [3.8, 4) is 32.5 Å². The Morgan fingerprint density at radius 2 is 0.901 bits per heavy atom. The molecule has 2 heterocycles. The van der Waals surface area contributed by atoms with Crippen molar-refractivity contribution in [2.75, 3.05) is 6.79 Å². The zero-order chi connectivity index (χ0) is 50.2. The van der Waals surface area contributed by atoms with Crippen LogP contribution in [-0.2, 0) is 57.3 Å². The van der Waals surface area contributed by atoms with E-state index in [2.05, 4.69) is 0 Å². The molecule has 0 spiro atoms. The SMILES string of the molecule is CC(=O)C1CCC(C(=O)OCOC(=O)C2CCC(C(=O)Oc3ccc(OC(=O)C4CCC(C(=O)OC(C)OC(=O)C5CCC(C(C)=O)CC5)CC4)c4nc(-c5ccc(-c6cccs6)cc5)sc34)CC2)CC1. The van der Waals surface area contributed by atoms with Gasteiger partial charge in [0.25, 0.3) is 0 Å². The lowest BCUT2D eigenvalue weighted by molar-refractivity contribution is -0.192. The Balaban J connectivity index is 0.856. The van der Waals surface area contributed by atoms with Crippen LogP contribution in [0.15, 0.2) is 53.9 Å². The highest BCUT2D eigenvalue weighted by molar-refractivity contribution is 7.22. The van der Waals surface area contributed by atoms with Crippen molar-refractivity contribution in [2.45, 2.75) is 130 Å². The van der Waals surface area contributed by atoms with Gasteiger partial charge in [0.15, 0.2) is 11.5 Å². The molecule has 0 aliphatic heterocycles. The summed E-state index contributed by atoms with van der Waals surface area (Å²) in [7, 11) is 0. The molecule has 4 saturated carbocycles. The number of benzene rings is 2. The molecule has 1 atom stereocenters. The van der Waals surface area contributed by atoms with Gasteiger partial charge in [-0.3, -0.25) is 38.4 Å². The van der Waals surface area contributed by atoms with Crippen LogP contribution >= 0.6 is 22.7 Å². The molecule has 0 bridgehead atoms. The summed E-state index contributed by atoms with van der Waals surface area (Å²) in [6, 6.07) is 15.2. The number of hydrogen-bond acceptors (Lipinski definition) is 17. The Hall–Kier alpha value is -5.81. The second-order valence-corrected chi connectivity index (χ2v) is 21.5. The molecule has 0 saturated heterocycles. The highest BCUT2D eigenvalue weighted by Crippen LogP contribution is 2.43. The zero-order valence-electron chi connectivity index (χ0n) is 40.4. The number of ketones is 2. The predicted molar refractivity (Wildman–Crippen MR) is 261 cm³/mol. The molecule has 1 unspecified atom stereocenters. The number of nitrogens with zero attached hydrogens (tertiary/aromatic N) is 1. The van der Waals surface area contributed by atoms with Crippen LogP contribution in [0.25, 0.3) is 31.2 Å². The van der Waals surface area contributed by atoms with E-state index < -0.39 is 72.6 Å². The van der Waals surface area contributed by atoms with E-state index >= 15 is 0 Å². The Morgan fingerprint density at radius 1 is 0.507 bits per heavy atom. The number of rotatable bonds is 16. The minimum Gasteiger partial charge on any atom is -0.428 e. The van der Waals surface area contributed by atoms with Crippen LogP contribution in [0.3, 0.4) is 0 Å². The maximum atomic E-state index is 13.8. The van der Waals surface area contributed by atoms with Crippen molar-refractivity contribution in [1.82, 2.24) is 4.98 Å². The molecule has 378 valence electrons. The van der Waals surface area contributed by atoms with Crippen LogP contribution in [-0.4, -0.2) is 65.4 Å². The summed E-state index contributed by atoms with van der Waals surface area (Å²) < 4.78 is 34.2. The van der Waals surface area contributed by atoms with Crippen molar-refractivity contribution in [2.24, 2.45) is 47.3 Å². The normalized spacial score (nSPS) is 24.9. The lowest BCUT2D eigenvalue weighted by Gasteiger charge is -2.28. The first kappa shape index (κ1) is 51.5. The molecule has 2 aromatic carbocycles. The Labute approximate surface area is 420 Å². The smallest absolute Gasteiger partial charge is 0.314 e. The molecule has 4 aliphatic carbocycles. The second-order valence-electron chi connectivity index (χ2n) is 19.6. The summed E-state index contributed by atoms with van der Waals surface area (Å²) in [5.74, 6) is -4.64. The van der Waals surface area contributed by atoms with Gasteiger partial charge in [-0.05, 0) is 146 Å². The quantitative estimate of drug-likeness (QED) is 0.0582. The summed E-state index contributed by atoms with van der Waals surface area (Å²) in [6.07, 6.45) is 6.82. The molecule has 4 fully saturated rings. The number of ether oxygens (including phenoxy) is 6. The molecule has 17 heteroatoms. The van der Waals surface area contributed by atoms with Crippen LogP contribution in [0.2, 0.25) is 0 Å². The number of carbonyl (C=O) groups is 8. The average molecular weight is 1010 g/mol. The summed E-state index contributed by atoms with van der Waals surface area (Å²) in [6.45, 7) is 4.18. The van der Waals surface area contributed by atoms with Gasteiger partial charge in [0.1, 0.15) is 26.8 Å². The second kappa shape index (κ2) is 23.6. The number of esters is 6. The standard InChI is InChI=1S/C54H61NO14S2/c1-30(56)33-6-14-37(15-7-33)49(58)64-29-65-50(59)38-18-20-42(21-19-38)54(63)69-44-27-26-43(46-47(44)71-48(55-46)36-12-10-35(11-13-36)45-5-4-28-70-45)68-53(62)41-24-22-40(23-25-41)52(61)67-32(3)66-51(60)39-16-8-34(9-17-39)31(2)57/h4-5,10-13,26-28,32-34,37-42H,6-9,14-25,29H2,1-3H3. The lowest BCUT2D eigenvalue weighted by Crippen LogP contribution is -2.33. The molecule has 4 aliphatic rings. The maximum absolute atomic E-state index is 13.8. The third-order valence-corrected chi connectivity index (χ3v) is 16.9. The molecule has 0 amide bonds. The van der Waals surface area contributed by atoms with E-state index in [4.69, 9.17) is 33.4 Å². The van der Waals surface area contributed by atoms with Crippen LogP contribution in [0.5, 0.6) is 11.5 Å². The van der Waals surface area contributed by atoms with Gasteiger partial charge in [-0.2, -0.15) is 0 Å². The van der Waals surface area contributed by atoms with Crippen molar-refractivity contribution in [3.63, 3.8) is 0 Å². The number of carbonyl (C=O) groups excluding carboxylic acids is 8. The molecule has 71 heavy (non-hydrogen) atoms. The summed E-state index contributed by atoms with van der Waals surface area (Å²) in [5.41, 5.74) is 2.24. The Morgan fingerprint density at radius 3 is 1.34 bits per heavy atom. The van der Waals surface area contributed by atoms with E-state index in [0.717, 1.165) is 16.0 Å². The molecular weight excluding hydrogens is 951 g/mol. The first-order chi connectivity index (χ1) is 34.2. The topological polar surface area (TPSA) is 205 Å². The van der Waals surface area contributed by atoms with E-state index in [9.17, 15) is 38.4 Å². The van der Waals surface area contributed by atoms with Crippen LogP contribution in [0.1, 0.15) is 124 Å². The summed E-state index contributed by atoms with van der Waals surface area (Å²) in [4.78, 5) is 108. The number of hydrogen-bond donors (Lipinski definition) is 0. The summed E-state index contributed by atoms with van der Waals surface area (Å²) in [5, 5.41) is 2.65. The van der Waals surface area contributed by atoms with Gasteiger partial charge in [0, 0.05) is 29.2 Å². The van der Waals surface area contributed by atoms with Crippen LogP contribution in [0, 0.1) is 47.3 Å². The Kier molecular flexibility index (Phi) is 17.1. The van der Waals surface area contributed by atoms with E-state index in [1.54, 1.807) is 37.3 Å². The maximum Gasteiger partial charge on any atom is 0.314 e. The zero-order valence-corrected chi connectivity index (χ0v) is 42.0. The monoisotopic (exact) mass is 1010 g/mol. The van der Waals surface area contributed by atoms with Gasteiger partial charge in [-0.1, -0.05) is 30.3 Å². The summed E-state index contributed by atoms with van der Waals surface area (Å²) >= 11 is 2.95. The van der Waals surface area contributed by atoms with Gasteiger partial charge in [0.05, 0.1) is 35.5 Å². The fraction of sp³-hybridized carbons (Fsp3) is 0.537. The molecule has 15 nitrogen and oxygen atoms in total. The molecule has 8 rings (SSSR count). The minimum absolute atomic E-state index is 0.0179. The molecule has 0 radical (unpaired) electrons. The van der Waals surface area contributed by atoms with Gasteiger partial charge >= 0.3 is 35.8 Å². The first-order valence-corrected chi connectivity index (χ1v) is 26.7.